The van der Waals surface area contributed by atoms with Crippen LogP contribution in [0.25, 0.3) is 0 Å². The number of halogens is 1. The first-order chi connectivity index (χ1) is 6.72. The quantitative estimate of drug-likeness (QED) is 0.769. The third-order valence-electron chi connectivity index (χ3n) is 1.64. The minimum Gasteiger partial charge on any atom is -0.464 e. The Morgan fingerprint density at radius 3 is 2.57 bits per heavy atom. The number of nitrogens with two attached hydrogens (primary N) is 1. The van der Waals surface area contributed by atoms with Crippen molar-refractivity contribution in [1.82, 2.24) is 0 Å². The molecule has 0 unspecified atom stereocenters. The summed E-state index contributed by atoms with van der Waals surface area (Å²) in [6, 6.07) is 7.08. The number of carbonyl (C=O) groups excluding carboxylic acids is 1. The summed E-state index contributed by atoms with van der Waals surface area (Å²) in [6.45, 7) is 0.624. The Bertz CT molecular complexity index is 297. The zero-order valence-corrected chi connectivity index (χ0v) is 8.46. The molecule has 0 aliphatic heterocycles. The Morgan fingerprint density at radius 1 is 1.36 bits per heavy atom. The summed E-state index contributed by atoms with van der Waals surface area (Å²) in [7, 11) is 0. The molecule has 0 saturated carbocycles. The van der Waals surface area contributed by atoms with Crippen molar-refractivity contribution in [2.24, 2.45) is 5.73 Å². The van der Waals surface area contributed by atoms with Gasteiger partial charge in [0.05, 0.1) is 6.42 Å². The molecule has 0 heterocycles. The van der Waals surface area contributed by atoms with E-state index in [-0.39, 0.29) is 19.0 Å². The van der Waals surface area contributed by atoms with E-state index in [0.717, 1.165) is 5.56 Å². The summed E-state index contributed by atoms with van der Waals surface area (Å²) in [5.74, 6) is -0.266. The van der Waals surface area contributed by atoms with E-state index in [1.807, 2.05) is 0 Å². The highest BCUT2D eigenvalue weighted by Crippen LogP contribution is 2.10. The Labute approximate surface area is 87.8 Å². The molecule has 0 aromatic heterocycles. The lowest BCUT2D eigenvalue weighted by atomic mass is 10.2. The molecule has 0 aliphatic carbocycles. The van der Waals surface area contributed by atoms with Crippen molar-refractivity contribution in [3.05, 3.63) is 34.9 Å². The molecule has 0 amide bonds. The smallest absolute Gasteiger partial charge is 0.310 e. The molecule has 0 bridgehead atoms. The lowest BCUT2D eigenvalue weighted by Gasteiger charge is -2.02. The summed E-state index contributed by atoms with van der Waals surface area (Å²) in [5.41, 5.74) is 6.08. The topological polar surface area (TPSA) is 52.3 Å². The van der Waals surface area contributed by atoms with Gasteiger partial charge in [0, 0.05) is 11.6 Å². The number of benzene rings is 1. The highest BCUT2D eigenvalue weighted by Gasteiger charge is 2.03. The van der Waals surface area contributed by atoms with Gasteiger partial charge in [0.1, 0.15) is 6.61 Å². The summed E-state index contributed by atoms with van der Waals surface area (Å²) in [5, 5.41) is 0.657. The standard InChI is InChI=1S/C10H12ClNO2/c11-9-3-1-8(2-4-9)7-10(13)14-6-5-12/h1-4H,5-7,12H2. The molecule has 0 fully saturated rings. The monoisotopic (exact) mass is 213 g/mol. The van der Waals surface area contributed by atoms with Gasteiger partial charge in [0.25, 0.3) is 0 Å². The number of ether oxygens (including phenoxy) is 1. The van der Waals surface area contributed by atoms with Crippen LogP contribution in [0.3, 0.4) is 0 Å². The van der Waals surface area contributed by atoms with Crippen LogP contribution in [0, 0.1) is 0 Å². The predicted octanol–water partition coefficient (Wildman–Crippen LogP) is 1.38. The molecule has 0 aliphatic rings. The zero-order chi connectivity index (χ0) is 10.4. The van der Waals surface area contributed by atoms with Gasteiger partial charge in [-0.25, -0.2) is 0 Å². The van der Waals surface area contributed by atoms with Gasteiger partial charge < -0.3 is 10.5 Å². The highest BCUT2D eigenvalue weighted by molar-refractivity contribution is 6.30. The van der Waals surface area contributed by atoms with Crippen LogP contribution >= 0.6 is 11.6 Å². The molecule has 76 valence electrons. The van der Waals surface area contributed by atoms with Gasteiger partial charge in [0.2, 0.25) is 0 Å². The second-order valence-corrected chi connectivity index (χ2v) is 3.25. The molecular formula is C10H12ClNO2. The maximum absolute atomic E-state index is 11.1. The molecule has 0 radical (unpaired) electrons. The maximum Gasteiger partial charge on any atom is 0.310 e. The van der Waals surface area contributed by atoms with Crippen LogP contribution in [-0.4, -0.2) is 19.1 Å². The van der Waals surface area contributed by atoms with Crippen LogP contribution in [0.2, 0.25) is 5.02 Å². The third kappa shape index (κ3) is 3.77. The SMILES string of the molecule is NCCOC(=O)Cc1ccc(Cl)cc1. The average molecular weight is 214 g/mol. The Kier molecular flexibility index (Phi) is 4.43. The summed E-state index contributed by atoms with van der Waals surface area (Å²) in [4.78, 5) is 11.1. The van der Waals surface area contributed by atoms with E-state index in [2.05, 4.69) is 0 Å². The van der Waals surface area contributed by atoms with Crippen LogP contribution in [-0.2, 0) is 16.0 Å². The van der Waals surface area contributed by atoms with Crippen LogP contribution < -0.4 is 5.73 Å². The molecule has 14 heavy (non-hydrogen) atoms. The fourth-order valence-corrected chi connectivity index (χ4v) is 1.12. The van der Waals surface area contributed by atoms with Gasteiger partial charge in [-0.2, -0.15) is 0 Å². The lowest BCUT2D eigenvalue weighted by molar-refractivity contribution is -0.142. The second-order valence-electron chi connectivity index (χ2n) is 2.81. The molecule has 0 atom stereocenters. The largest absolute Gasteiger partial charge is 0.464 e. The molecule has 2 N–H and O–H groups in total. The Balaban J connectivity index is 2.44. The Morgan fingerprint density at radius 2 is 2.00 bits per heavy atom. The van der Waals surface area contributed by atoms with Crippen molar-refractivity contribution in [1.29, 1.82) is 0 Å². The van der Waals surface area contributed by atoms with E-state index in [1.54, 1.807) is 24.3 Å². The van der Waals surface area contributed by atoms with Gasteiger partial charge in [-0.1, -0.05) is 23.7 Å². The number of rotatable bonds is 4. The van der Waals surface area contributed by atoms with Gasteiger partial charge in [-0.3, -0.25) is 4.79 Å². The average Bonchev–Trinajstić information content (AvgIpc) is 2.18. The highest BCUT2D eigenvalue weighted by atomic mass is 35.5. The minimum atomic E-state index is -0.266. The van der Waals surface area contributed by atoms with Crippen molar-refractivity contribution < 1.29 is 9.53 Å². The summed E-state index contributed by atoms with van der Waals surface area (Å²) >= 11 is 5.70. The molecule has 1 rings (SSSR count). The zero-order valence-electron chi connectivity index (χ0n) is 7.70. The minimum absolute atomic E-state index is 0.261. The fourth-order valence-electron chi connectivity index (χ4n) is 0.993. The second kappa shape index (κ2) is 5.62. The first-order valence-corrected chi connectivity index (χ1v) is 4.70. The first kappa shape index (κ1) is 11.0. The normalized spacial score (nSPS) is 9.86. The number of hydrogen-bond acceptors (Lipinski definition) is 3. The number of esters is 1. The van der Waals surface area contributed by atoms with Gasteiger partial charge >= 0.3 is 5.97 Å². The molecule has 0 saturated heterocycles. The van der Waals surface area contributed by atoms with E-state index >= 15 is 0 Å². The van der Waals surface area contributed by atoms with E-state index in [9.17, 15) is 4.79 Å². The molecule has 0 spiro atoms. The molecule has 1 aromatic rings. The van der Waals surface area contributed by atoms with Crippen LogP contribution in [0.4, 0.5) is 0 Å². The van der Waals surface area contributed by atoms with Crippen molar-refractivity contribution in [3.8, 4) is 0 Å². The summed E-state index contributed by atoms with van der Waals surface area (Å²) in [6.07, 6.45) is 0.261. The fraction of sp³-hybridized carbons (Fsp3) is 0.300. The third-order valence-corrected chi connectivity index (χ3v) is 1.89. The van der Waals surface area contributed by atoms with Crippen LogP contribution in [0.5, 0.6) is 0 Å². The first-order valence-electron chi connectivity index (χ1n) is 4.32. The van der Waals surface area contributed by atoms with E-state index in [0.29, 0.717) is 11.6 Å². The maximum atomic E-state index is 11.1. The van der Waals surface area contributed by atoms with Crippen molar-refractivity contribution in [2.75, 3.05) is 13.2 Å². The lowest BCUT2D eigenvalue weighted by Crippen LogP contribution is -2.15. The molecule has 3 nitrogen and oxygen atoms in total. The predicted molar refractivity (Wildman–Crippen MR) is 55.2 cm³/mol. The van der Waals surface area contributed by atoms with Crippen molar-refractivity contribution >= 4 is 17.6 Å². The summed E-state index contributed by atoms with van der Waals surface area (Å²) < 4.78 is 4.83. The van der Waals surface area contributed by atoms with Crippen molar-refractivity contribution in [3.63, 3.8) is 0 Å². The Hall–Kier alpha value is -1.06. The van der Waals surface area contributed by atoms with Crippen LogP contribution in [0.15, 0.2) is 24.3 Å². The molecule has 4 heteroatoms. The van der Waals surface area contributed by atoms with E-state index in [4.69, 9.17) is 22.1 Å². The number of hydrogen-bond donors (Lipinski definition) is 1. The van der Waals surface area contributed by atoms with Gasteiger partial charge in [-0.15, -0.1) is 0 Å². The molecular weight excluding hydrogens is 202 g/mol. The number of carbonyl (C=O) groups is 1. The van der Waals surface area contributed by atoms with Crippen LogP contribution in [0.1, 0.15) is 5.56 Å². The molecule has 1 aromatic carbocycles. The van der Waals surface area contributed by atoms with E-state index < -0.39 is 0 Å². The van der Waals surface area contributed by atoms with Gasteiger partial charge in [0.15, 0.2) is 0 Å². The van der Waals surface area contributed by atoms with Gasteiger partial charge in [-0.05, 0) is 17.7 Å². The van der Waals surface area contributed by atoms with Crippen molar-refractivity contribution in [2.45, 2.75) is 6.42 Å². The van der Waals surface area contributed by atoms with E-state index in [1.165, 1.54) is 0 Å².